The van der Waals surface area contributed by atoms with Crippen LogP contribution in [-0.2, 0) is 4.79 Å². The van der Waals surface area contributed by atoms with Gasteiger partial charge >= 0.3 is 5.97 Å². The summed E-state index contributed by atoms with van der Waals surface area (Å²) in [5.74, 6) is -0.834. The summed E-state index contributed by atoms with van der Waals surface area (Å²) in [4.78, 5) is 25.6. The van der Waals surface area contributed by atoms with Crippen molar-refractivity contribution in [2.45, 2.75) is 25.8 Å². The number of hydrogen-bond acceptors (Lipinski definition) is 5. The molecule has 1 aromatic carbocycles. The molecule has 0 aliphatic carbocycles. The third-order valence-electron chi connectivity index (χ3n) is 4.20. The molecule has 0 amide bonds. The molecule has 7 nitrogen and oxygen atoms in total. The van der Waals surface area contributed by atoms with E-state index in [-0.39, 0.29) is 18.3 Å². The van der Waals surface area contributed by atoms with Crippen molar-refractivity contribution in [3.05, 3.63) is 33.3 Å². The normalized spacial score (nSPS) is 15.9. The Morgan fingerprint density at radius 3 is 2.65 bits per heavy atom. The minimum absolute atomic E-state index is 0.0263. The maximum atomic E-state index is 11.2. The topological polar surface area (TPSA) is 86.9 Å². The quantitative estimate of drug-likeness (QED) is 0.632. The molecular formula is C15H20ClN3O4. The number of carbonyl (C=O) groups is 1. The Balaban J connectivity index is 2.08. The van der Waals surface area contributed by atoms with Gasteiger partial charge in [0.15, 0.2) is 0 Å². The third-order valence-corrected chi connectivity index (χ3v) is 4.44. The molecular weight excluding hydrogens is 322 g/mol. The highest BCUT2D eigenvalue weighted by atomic mass is 35.5. The first-order valence-electron chi connectivity index (χ1n) is 7.57. The molecule has 0 spiro atoms. The zero-order valence-corrected chi connectivity index (χ0v) is 13.7. The number of nitro groups is 1. The Hall–Kier alpha value is -1.86. The second kappa shape index (κ2) is 7.61. The van der Waals surface area contributed by atoms with Crippen molar-refractivity contribution in [1.29, 1.82) is 0 Å². The summed E-state index contributed by atoms with van der Waals surface area (Å²) < 4.78 is 0. The molecule has 8 heteroatoms. The van der Waals surface area contributed by atoms with Gasteiger partial charge in [-0.1, -0.05) is 18.5 Å². The maximum absolute atomic E-state index is 11.2. The Morgan fingerprint density at radius 1 is 1.48 bits per heavy atom. The molecule has 0 unspecified atom stereocenters. The highest BCUT2D eigenvalue weighted by Crippen LogP contribution is 2.33. The lowest BCUT2D eigenvalue weighted by Gasteiger charge is -2.38. The number of carboxylic acid groups (broad SMARTS) is 1. The van der Waals surface area contributed by atoms with Gasteiger partial charge in [0.2, 0.25) is 0 Å². The molecule has 0 radical (unpaired) electrons. The molecule has 1 aromatic rings. The van der Waals surface area contributed by atoms with Gasteiger partial charge in [-0.15, -0.1) is 0 Å². The van der Waals surface area contributed by atoms with Gasteiger partial charge in [0.25, 0.3) is 5.69 Å². The Kier molecular flexibility index (Phi) is 5.79. The predicted octanol–water partition coefficient (Wildman–Crippen LogP) is 2.62. The number of carboxylic acids is 1. The van der Waals surface area contributed by atoms with E-state index in [0.29, 0.717) is 30.3 Å². The molecule has 1 fully saturated rings. The van der Waals surface area contributed by atoms with E-state index >= 15 is 0 Å². The van der Waals surface area contributed by atoms with Crippen LogP contribution in [-0.4, -0.2) is 53.1 Å². The number of likely N-dealkylation sites (N-methyl/N-ethyl adjacent to an activating group) is 1. The highest BCUT2D eigenvalue weighted by Gasteiger charge is 2.28. The monoisotopic (exact) mass is 341 g/mol. The first kappa shape index (κ1) is 17.5. The van der Waals surface area contributed by atoms with Gasteiger partial charge in [-0.05, 0) is 31.5 Å². The minimum Gasteiger partial charge on any atom is -0.480 e. The Morgan fingerprint density at radius 2 is 2.13 bits per heavy atom. The van der Waals surface area contributed by atoms with Crippen LogP contribution in [0, 0.1) is 10.1 Å². The van der Waals surface area contributed by atoms with E-state index < -0.39 is 10.9 Å². The molecule has 126 valence electrons. The number of halogens is 1. The van der Waals surface area contributed by atoms with Crippen LogP contribution < -0.4 is 4.90 Å². The molecule has 23 heavy (non-hydrogen) atoms. The summed E-state index contributed by atoms with van der Waals surface area (Å²) in [7, 11) is 0. The second-order valence-corrected chi connectivity index (χ2v) is 6.00. The number of anilines is 1. The van der Waals surface area contributed by atoms with Crippen molar-refractivity contribution in [3.63, 3.8) is 0 Å². The van der Waals surface area contributed by atoms with Gasteiger partial charge in [0.05, 0.1) is 11.5 Å². The Labute approximate surface area is 139 Å². The maximum Gasteiger partial charge on any atom is 0.317 e. The van der Waals surface area contributed by atoms with E-state index in [9.17, 15) is 14.9 Å². The molecule has 0 aromatic heterocycles. The number of aliphatic carboxylic acids is 1. The number of nitro benzene ring substituents is 1. The zero-order valence-electron chi connectivity index (χ0n) is 12.9. The van der Waals surface area contributed by atoms with E-state index in [2.05, 4.69) is 0 Å². The van der Waals surface area contributed by atoms with Crippen molar-refractivity contribution in [2.75, 3.05) is 31.1 Å². The fraction of sp³-hybridized carbons (Fsp3) is 0.533. The average molecular weight is 342 g/mol. The molecule has 0 atom stereocenters. The molecule has 0 saturated carbocycles. The highest BCUT2D eigenvalue weighted by molar-refractivity contribution is 6.31. The van der Waals surface area contributed by atoms with Gasteiger partial charge in [-0.3, -0.25) is 19.8 Å². The molecule has 1 heterocycles. The largest absolute Gasteiger partial charge is 0.480 e. The van der Waals surface area contributed by atoms with E-state index in [1.165, 1.54) is 12.1 Å². The molecule has 1 aliphatic heterocycles. The number of piperidine rings is 1. The Bertz CT molecular complexity index is 588. The summed E-state index contributed by atoms with van der Waals surface area (Å²) in [6.45, 7) is 3.92. The van der Waals surface area contributed by atoms with E-state index in [0.717, 1.165) is 12.8 Å². The molecule has 2 rings (SSSR count). The molecule has 1 saturated heterocycles. The van der Waals surface area contributed by atoms with Gasteiger partial charge in [-0.2, -0.15) is 0 Å². The summed E-state index contributed by atoms with van der Waals surface area (Å²) >= 11 is 5.98. The smallest absolute Gasteiger partial charge is 0.317 e. The van der Waals surface area contributed by atoms with Crippen LogP contribution in [0.1, 0.15) is 19.8 Å². The van der Waals surface area contributed by atoms with Crippen molar-refractivity contribution < 1.29 is 14.8 Å². The van der Waals surface area contributed by atoms with Crippen molar-refractivity contribution >= 4 is 28.9 Å². The van der Waals surface area contributed by atoms with Gasteiger partial charge in [0, 0.05) is 30.2 Å². The number of hydrogen-bond donors (Lipinski definition) is 1. The lowest BCUT2D eigenvalue weighted by Crippen LogP contribution is -2.46. The van der Waals surface area contributed by atoms with Crippen LogP contribution in [0.4, 0.5) is 11.4 Å². The first-order chi connectivity index (χ1) is 10.9. The van der Waals surface area contributed by atoms with Crippen LogP contribution in [0.5, 0.6) is 0 Å². The number of nitrogens with zero attached hydrogens (tertiary/aromatic N) is 3. The first-order valence-corrected chi connectivity index (χ1v) is 7.95. The molecule has 1 aliphatic rings. The molecule has 0 bridgehead atoms. The van der Waals surface area contributed by atoms with Gasteiger partial charge in [0.1, 0.15) is 5.69 Å². The number of rotatable bonds is 6. The van der Waals surface area contributed by atoms with Crippen LogP contribution in [0.25, 0.3) is 0 Å². The zero-order chi connectivity index (χ0) is 17.0. The lowest BCUT2D eigenvalue weighted by molar-refractivity contribution is -0.384. The van der Waals surface area contributed by atoms with Crippen molar-refractivity contribution in [2.24, 2.45) is 0 Å². The van der Waals surface area contributed by atoms with E-state index in [1.54, 1.807) is 6.07 Å². The van der Waals surface area contributed by atoms with Crippen LogP contribution in [0.2, 0.25) is 5.02 Å². The van der Waals surface area contributed by atoms with E-state index in [4.69, 9.17) is 16.7 Å². The lowest BCUT2D eigenvalue weighted by atomic mass is 10.0. The second-order valence-electron chi connectivity index (χ2n) is 5.57. The molecule has 1 N–H and O–H groups in total. The fourth-order valence-electron chi connectivity index (χ4n) is 3.05. The fourth-order valence-corrected chi connectivity index (χ4v) is 3.22. The SMILES string of the molecule is CCN(CC(=O)O)C1CCN(c2cc(Cl)ccc2[N+](=O)[O-])CC1. The number of benzene rings is 1. The predicted molar refractivity (Wildman–Crippen MR) is 88.2 cm³/mol. The van der Waals surface area contributed by atoms with E-state index in [1.807, 2.05) is 16.7 Å². The van der Waals surface area contributed by atoms with Crippen LogP contribution in [0.15, 0.2) is 18.2 Å². The van der Waals surface area contributed by atoms with Crippen molar-refractivity contribution in [3.8, 4) is 0 Å². The summed E-state index contributed by atoms with van der Waals surface area (Å²) in [5.41, 5.74) is 0.577. The summed E-state index contributed by atoms with van der Waals surface area (Å²) in [5, 5.41) is 20.6. The summed E-state index contributed by atoms with van der Waals surface area (Å²) in [6, 6.07) is 4.74. The standard InChI is InChI=1S/C15H20ClN3O4/c1-2-17(10-15(20)21)12-5-7-18(8-6-12)14-9-11(16)3-4-13(14)19(22)23/h3-4,9,12H,2,5-8,10H2,1H3,(H,20,21). The minimum atomic E-state index is -0.834. The summed E-state index contributed by atoms with van der Waals surface area (Å²) in [6.07, 6.45) is 1.54. The average Bonchev–Trinajstić information content (AvgIpc) is 2.52. The van der Waals surface area contributed by atoms with Gasteiger partial charge in [-0.25, -0.2) is 0 Å². The van der Waals surface area contributed by atoms with Crippen molar-refractivity contribution in [1.82, 2.24) is 4.90 Å². The van der Waals surface area contributed by atoms with Crippen LogP contribution in [0.3, 0.4) is 0 Å². The third kappa shape index (κ3) is 4.33. The van der Waals surface area contributed by atoms with Crippen LogP contribution >= 0.6 is 11.6 Å². The van der Waals surface area contributed by atoms with Gasteiger partial charge < -0.3 is 10.0 Å².